The molecule has 1 N–H and O–H groups in total. The monoisotopic (exact) mass is 464 g/mol. The van der Waals surface area contributed by atoms with E-state index in [4.69, 9.17) is 4.74 Å². The van der Waals surface area contributed by atoms with Crippen molar-refractivity contribution in [3.8, 4) is 0 Å². The summed E-state index contributed by atoms with van der Waals surface area (Å²) in [5.41, 5.74) is -0.478. The van der Waals surface area contributed by atoms with Crippen LogP contribution in [0, 0.1) is 11.3 Å². The molecule has 0 spiro atoms. The highest BCUT2D eigenvalue weighted by atomic mass is 79.9. The minimum Gasteiger partial charge on any atom is -0.444 e. The Bertz CT molecular complexity index is 561. The Hall–Kier alpha value is -0.300. The molecule has 4 atom stereocenters. The van der Waals surface area contributed by atoms with Crippen LogP contribution in [-0.2, 0) is 9.53 Å². The van der Waals surface area contributed by atoms with Crippen molar-refractivity contribution in [1.82, 2.24) is 10.2 Å². The van der Waals surface area contributed by atoms with Gasteiger partial charge in [0, 0.05) is 23.9 Å². The Morgan fingerprint density at radius 3 is 2.62 bits per heavy atom. The minimum atomic E-state index is -0.570. The van der Waals surface area contributed by atoms with Gasteiger partial charge in [-0.15, -0.1) is 0 Å². The molecule has 2 saturated heterocycles. The van der Waals surface area contributed by atoms with Crippen molar-refractivity contribution in [3.05, 3.63) is 0 Å². The van der Waals surface area contributed by atoms with Gasteiger partial charge < -0.3 is 15.0 Å². The molecule has 7 heteroatoms. The highest BCUT2D eigenvalue weighted by molar-refractivity contribution is 9.25. The number of carbonyl (C=O) groups excluding carboxylic acids is 2. The van der Waals surface area contributed by atoms with E-state index in [0.717, 1.165) is 25.8 Å². The lowest BCUT2D eigenvalue weighted by Crippen LogP contribution is -2.52. The molecule has 2 amide bonds. The molecule has 0 aromatic rings. The third-order valence-electron chi connectivity index (χ3n) is 5.66. The maximum atomic E-state index is 13.0. The van der Waals surface area contributed by atoms with Crippen LogP contribution in [0.5, 0.6) is 0 Å². The van der Waals surface area contributed by atoms with Crippen LogP contribution in [0.2, 0.25) is 0 Å². The Morgan fingerprint density at radius 2 is 2.00 bits per heavy atom. The average Bonchev–Trinajstić information content (AvgIpc) is 2.77. The first-order valence-electron chi connectivity index (χ1n) is 8.65. The summed E-state index contributed by atoms with van der Waals surface area (Å²) in [6, 6.07) is -0.265. The SMILES string of the molecule is CC(C)(C)OC(=O)N[C@H]1CC[C@@]2(C)[C@@H]([C@H]3CCCN3C1=O)C2(Br)Br. The predicted octanol–water partition coefficient (Wildman–Crippen LogP) is 3.79. The van der Waals surface area contributed by atoms with E-state index >= 15 is 0 Å². The molecule has 3 fully saturated rings. The van der Waals surface area contributed by atoms with Gasteiger partial charge in [-0.25, -0.2) is 4.79 Å². The number of ether oxygens (including phenoxy) is 1. The number of fused-ring (bicyclic) bond motifs is 3. The lowest BCUT2D eigenvalue weighted by molar-refractivity contribution is -0.135. The van der Waals surface area contributed by atoms with Crippen LogP contribution in [0.1, 0.15) is 53.4 Å². The molecule has 0 radical (unpaired) electrons. The van der Waals surface area contributed by atoms with Gasteiger partial charge in [-0.1, -0.05) is 38.8 Å². The third-order valence-corrected chi connectivity index (χ3v) is 8.46. The lowest BCUT2D eigenvalue weighted by atomic mass is 9.90. The number of rotatable bonds is 1. The van der Waals surface area contributed by atoms with Gasteiger partial charge >= 0.3 is 6.09 Å². The van der Waals surface area contributed by atoms with Gasteiger partial charge in [-0.05, 0) is 46.5 Å². The van der Waals surface area contributed by atoms with Gasteiger partial charge in [0.25, 0.3) is 0 Å². The summed E-state index contributed by atoms with van der Waals surface area (Å²) in [6.07, 6.45) is 3.05. The molecule has 1 aliphatic carbocycles. The second kappa shape index (κ2) is 5.86. The van der Waals surface area contributed by atoms with E-state index in [0.29, 0.717) is 12.3 Å². The van der Waals surface area contributed by atoms with E-state index in [2.05, 4.69) is 44.1 Å². The molecule has 5 nitrogen and oxygen atoms in total. The summed E-state index contributed by atoms with van der Waals surface area (Å²) >= 11 is 7.68. The fraction of sp³-hybridized carbons (Fsp3) is 0.882. The van der Waals surface area contributed by atoms with Gasteiger partial charge in [0.15, 0.2) is 0 Å². The average molecular weight is 466 g/mol. The number of halogens is 2. The summed E-state index contributed by atoms with van der Waals surface area (Å²) in [6.45, 7) is 8.51. The zero-order chi connectivity index (χ0) is 17.9. The number of alkyl halides is 2. The largest absolute Gasteiger partial charge is 0.444 e. The molecule has 136 valence electrons. The van der Waals surface area contributed by atoms with E-state index in [1.165, 1.54) is 0 Å². The van der Waals surface area contributed by atoms with Gasteiger partial charge in [-0.3, -0.25) is 4.79 Å². The van der Waals surface area contributed by atoms with E-state index in [-0.39, 0.29) is 20.6 Å². The molecule has 1 saturated carbocycles. The minimum absolute atomic E-state index is 0.0353. The van der Waals surface area contributed by atoms with Crippen LogP contribution in [-0.4, -0.2) is 44.4 Å². The van der Waals surface area contributed by atoms with Gasteiger partial charge in [0.2, 0.25) is 5.91 Å². The zero-order valence-corrected chi connectivity index (χ0v) is 17.9. The van der Waals surface area contributed by atoms with Crippen LogP contribution in [0.4, 0.5) is 4.79 Å². The number of nitrogens with zero attached hydrogens (tertiary/aromatic N) is 1. The third kappa shape index (κ3) is 3.00. The Morgan fingerprint density at radius 1 is 1.33 bits per heavy atom. The van der Waals surface area contributed by atoms with Crippen molar-refractivity contribution in [2.45, 2.75) is 74.3 Å². The predicted molar refractivity (Wildman–Crippen MR) is 99.3 cm³/mol. The van der Waals surface area contributed by atoms with Crippen molar-refractivity contribution in [2.75, 3.05) is 6.54 Å². The van der Waals surface area contributed by atoms with Gasteiger partial charge in [0.05, 0.1) is 3.23 Å². The molecule has 3 rings (SSSR count). The van der Waals surface area contributed by atoms with Crippen molar-refractivity contribution in [1.29, 1.82) is 0 Å². The van der Waals surface area contributed by atoms with Crippen LogP contribution in [0.15, 0.2) is 0 Å². The fourth-order valence-corrected chi connectivity index (χ4v) is 6.65. The first-order chi connectivity index (χ1) is 11.0. The number of hydrogen-bond donors (Lipinski definition) is 1. The Balaban J connectivity index is 1.78. The molecule has 0 unspecified atom stereocenters. The molecular formula is C17H26Br2N2O3. The molecule has 3 aliphatic rings. The van der Waals surface area contributed by atoms with Crippen LogP contribution in [0.3, 0.4) is 0 Å². The van der Waals surface area contributed by atoms with Crippen LogP contribution >= 0.6 is 31.9 Å². The van der Waals surface area contributed by atoms with Crippen LogP contribution < -0.4 is 5.32 Å². The maximum absolute atomic E-state index is 13.0. The molecule has 2 aliphatic heterocycles. The van der Waals surface area contributed by atoms with Crippen molar-refractivity contribution in [3.63, 3.8) is 0 Å². The number of nitrogens with one attached hydrogen (secondary N) is 1. The summed E-state index contributed by atoms with van der Waals surface area (Å²) in [5, 5.41) is 2.81. The first-order valence-corrected chi connectivity index (χ1v) is 10.2. The van der Waals surface area contributed by atoms with Crippen molar-refractivity contribution in [2.24, 2.45) is 11.3 Å². The highest BCUT2D eigenvalue weighted by Gasteiger charge is 2.75. The first kappa shape index (κ1) is 18.5. The number of amides is 2. The topological polar surface area (TPSA) is 58.6 Å². The normalized spacial score (nSPS) is 37.8. The quantitative estimate of drug-likeness (QED) is 0.599. The zero-order valence-electron chi connectivity index (χ0n) is 14.7. The molecule has 0 aromatic carbocycles. The number of alkyl carbamates (subject to hydrolysis) is 1. The maximum Gasteiger partial charge on any atom is 0.408 e. The van der Waals surface area contributed by atoms with E-state index in [1.54, 1.807) is 0 Å². The van der Waals surface area contributed by atoms with Crippen molar-refractivity contribution < 1.29 is 14.3 Å². The summed E-state index contributed by atoms with van der Waals surface area (Å²) in [4.78, 5) is 27.1. The Labute approximate surface area is 160 Å². The molecule has 24 heavy (non-hydrogen) atoms. The molecular weight excluding hydrogens is 440 g/mol. The Kier molecular flexibility index (Phi) is 4.52. The van der Waals surface area contributed by atoms with E-state index in [9.17, 15) is 9.59 Å². The summed E-state index contributed by atoms with van der Waals surface area (Å²) in [7, 11) is 0. The fourth-order valence-electron chi connectivity index (χ4n) is 4.37. The van der Waals surface area contributed by atoms with Crippen molar-refractivity contribution >= 4 is 43.9 Å². The molecule has 0 bridgehead atoms. The smallest absolute Gasteiger partial charge is 0.408 e. The van der Waals surface area contributed by atoms with Gasteiger partial charge in [0.1, 0.15) is 11.6 Å². The second-order valence-corrected chi connectivity index (χ2v) is 12.1. The van der Waals surface area contributed by atoms with Crippen LogP contribution in [0.25, 0.3) is 0 Å². The molecule has 0 aromatic heterocycles. The number of hydrogen-bond acceptors (Lipinski definition) is 3. The second-order valence-electron chi connectivity index (χ2n) is 8.50. The number of carbonyl (C=O) groups is 2. The molecule has 2 heterocycles. The standard InChI is InChI=1S/C17H26Br2N2O3/c1-15(2,3)24-14(23)20-10-7-8-16(4)12(17(16,18)19)11-6-5-9-21(11)13(10)22/h10-12H,5-9H2,1-4H3,(H,20,23)/t10-,11+,12+,16-/m0/s1. The highest BCUT2D eigenvalue weighted by Crippen LogP contribution is 2.75. The lowest BCUT2D eigenvalue weighted by Gasteiger charge is -2.33. The summed E-state index contributed by atoms with van der Waals surface area (Å²) < 4.78 is 5.23. The van der Waals surface area contributed by atoms with Gasteiger partial charge in [-0.2, -0.15) is 0 Å². The van der Waals surface area contributed by atoms with E-state index < -0.39 is 17.7 Å². The van der Waals surface area contributed by atoms with E-state index in [1.807, 2.05) is 25.7 Å². The summed E-state index contributed by atoms with van der Waals surface area (Å²) in [5.74, 6) is 0.451.